The van der Waals surface area contributed by atoms with Crippen LogP contribution in [-0.4, -0.2) is 46.4 Å². The van der Waals surface area contributed by atoms with E-state index in [4.69, 9.17) is 14.9 Å². The van der Waals surface area contributed by atoms with Crippen LogP contribution in [0.1, 0.15) is 25.7 Å². The number of amides is 1. The fraction of sp³-hybridized carbons (Fsp3) is 0.800. The predicted molar refractivity (Wildman–Crippen MR) is 52.7 cm³/mol. The minimum absolute atomic E-state index is 0.00924. The van der Waals surface area contributed by atoms with Crippen molar-refractivity contribution < 1.29 is 24.5 Å². The number of aliphatic hydroxyl groups is 1. The molecule has 0 aromatic rings. The molecule has 90 valence electrons. The molecule has 1 saturated heterocycles. The number of hydrogen-bond acceptors (Lipinski definition) is 4. The number of hydrogen-bond donors (Lipinski definition) is 3. The van der Waals surface area contributed by atoms with Crippen LogP contribution >= 0.6 is 0 Å². The molecule has 0 aromatic carbocycles. The van der Waals surface area contributed by atoms with Crippen molar-refractivity contribution in [2.45, 2.75) is 50.0 Å². The van der Waals surface area contributed by atoms with Crippen molar-refractivity contribution in [1.29, 1.82) is 0 Å². The van der Waals surface area contributed by atoms with E-state index in [0.717, 1.165) is 0 Å². The number of ether oxygens (including phenoxy) is 1. The molecule has 1 heterocycles. The van der Waals surface area contributed by atoms with Gasteiger partial charge in [0.05, 0.1) is 6.10 Å². The Morgan fingerprint density at radius 3 is 2.31 bits per heavy atom. The van der Waals surface area contributed by atoms with Gasteiger partial charge in [0.2, 0.25) is 5.91 Å². The van der Waals surface area contributed by atoms with E-state index in [1.807, 2.05) is 0 Å². The molecule has 0 bridgehead atoms. The normalized spacial score (nSPS) is 37.8. The maximum atomic E-state index is 11.6. The lowest BCUT2D eigenvalue weighted by Crippen LogP contribution is -2.49. The Morgan fingerprint density at radius 1 is 1.19 bits per heavy atom. The van der Waals surface area contributed by atoms with Crippen molar-refractivity contribution in [2.24, 2.45) is 0 Å². The predicted octanol–water partition coefficient (Wildman–Crippen LogP) is -0.742. The summed E-state index contributed by atoms with van der Waals surface area (Å²) in [5, 5.41) is 20.5. The summed E-state index contributed by atoms with van der Waals surface area (Å²) in [5.41, 5.74) is 0. The van der Waals surface area contributed by atoms with Gasteiger partial charge >= 0.3 is 5.97 Å². The summed E-state index contributed by atoms with van der Waals surface area (Å²) in [6, 6.07) is 0.00924. The van der Waals surface area contributed by atoms with E-state index in [-0.39, 0.29) is 18.1 Å². The van der Waals surface area contributed by atoms with E-state index >= 15 is 0 Å². The topological polar surface area (TPSA) is 95.9 Å². The monoisotopic (exact) mass is 229 g/mol. The Balaban J connectivity index is 1.76. The molecule has 1 saturated carbocycles. The third kappa shape index (κ3) is 2.33. The van der Waals surface area contributed by atoms with Crippen molar-refractivity contribution in [3.8, 4) is 0 Å². The zero-order valence-electron chi connectivity index (χ0n) is 8.76. The van der Waals surface area contributed by atoms with Crippen LogP contribution in [0.25, 0.3) is 0 Å². The number of aliphatic carboxylic acids is 1. The lowest BCUT2D eigenvalue weighted by molar-refractivity contribution is -0.152. The number of carbonyl (C=O) groups excluding carboxylic acids is 1. The van der Waals surface area contributed by atoms with Crippen molar-refractivity contribution in [1.82, 2.24) is 5.32 Å². The zero-order chi connectivity index (χ0) is 11.7. The second kappa shape index (κ2) is 4.39. The van der Waals surface area contributed by atoms with E-state index in [1.54, 1.807) is 0 Å². The SMILES string of the molecule is O=C(O)C1CCC(C(=O)NC2CC(O)C2)O1. The highest BCUT2D eigenvalue weighted by Gasteiger charge is 2.37. The highest BCUT2D eigenvalue weighted by Crippen LogP contribution is 2.23. The van der Waals surface area contributed by atoms with E-state index < -0.39 is 18.2 Å². The molecule has 1 aliphatic carbocycles. The molecule has 0 aromatic heterocycles. The minimum Gasteiger partial charge on any atom is -0.479 e. The van der Waals surface area contributed by atoms with Gasteiger partial charge in [0.25, 0.3) is 0 Å². The molecule has 6 nitrogen and oxygen atoms in total. The number of carboxylic acids is 1. The molecule has 2 aliphatic rings. The Labute approximate surface area is 92.6 Å². The highest BCUT2D eigenvalue weighted by atomic mass is 16.5. The number of carbonyl (C=O) groups is 2. The van der Waals surface area contributed by atoms with Crippen molar-refractivity contribution >= 4 is 11.9 Å². The quantitative estimate of drug-likeness (QED) is 0.592. The van der Waals surface area contributed by atoms with E-state index in [9.17, 15) is 9.59 Å². The Morgan fingerprint density at radius 2 is 1.81 bits per heavy atom. The number of rotatable bonds is 3. The van der Waals surface area contributed by atoms with E-state index in [2.05, 4.69) is 5.32 Å². The number of aliphatic hydroxyl groups excluding tert-OH is 1. The first kappa shape index (κ1) is 11.3. The van der Waals surface area contributed by atoms with E-state index in [1.165, 1.54) is 0 Å². The summed E-state index contributed by atoms with van der Waals surface area (Å²) >= 11 is 0. The van der Waals surface area contributed by atoms with Gasteiger partial charge in [-0.3, -0.25) is 4.79 Å². The minimum atomic E-state index is -1.02. The summed E-state index contributed by atoms with van der Waals surface area (Å²) in [5.74, 6) is -1.28. The molecule has 2 rings (SSSR count). The van der Waals surface area contributed by atoms with Crippen molar-refractivity contribution in [3.05, 3.63) is 0 Å². The lowest BCUT2D eigenvalue weighted by atomic mass is 9.89. The fourth-order valence-corrected chi connectivity index (χ4v) is 2.01. The molecule has 1 aliphatic heterocycles. The van der Waals surface area contributed by atoms with Gasteiger partial charge in [-0.25, -0.2) is 4.79 Å². The average Bonchev–Trinajstić information content (AvgIpc) is 2.63. The van der Waals surface area contributed by atoms with Crippen LogP contribution in [0, 0.1) is 0 Å². The van der Waals surface area contributed by atoms with Gasteiger partial charge in [-0.2, -0.15) is 0 Å². The molecule has 0 spiro atoms. The molecule has 2 atom stereocenters. The third-order valence-electron chi connectivity index (χ3n) is 3.05. The Bertz CT molecular complexity index is 300. The second-order valence-corrected chi connectivity index (χ2v) is 4.36. The standard InChI is InChI=1S/C10H15NO5/c12-6-3-5(4-6)11-9(13)7-1-2-8(16-7)10(14)15/h5-8,12H,1-4H2,(H,11,13)(H,14,15). The smallest absolute Gasteiger partial charge is 0.332 e. The fourth-order valence-electron chi connectivity index (χ4n) is 2.01. The summed E-state index contributed by atoms with van der Waals surface area (Å²) in [4.78, 5) is 22.2. The lowest BCUT2D eigenvalue weighted by Gasteiger charge is -2.32. The molecule has 1 amide bonds. The summed E-state index contributed by atoms with van der Waals surface area (Å²) < 4.78 is 5.11. The summed E-state index contributed by atoms with van der Waals surface area (Å²) in [7, 11) is 0. The Hall–Kier alpha value is -1.14. The highest BCUT2D eigenvalue weighted by molar-refractivity contribution is 5.82. The second-order valence-electron chi connectivity index (χ2n) is 4.36. The molecule has 0 radical (unpaired) electrons. The summed E-state index contributed by atoms with van der Waals surface area (Å²) in [6.07, 6.45) is 0.128. The van der Waals surface area contributed by atoms with Crippen LogP contribution in [0.3, 0.4) is 0 Å². The van der Waals surface area contributed by atoms with Crippen LogP contribution in [-0.2, 0) is 14.3 Å². The van der Waals surface area contributed by atoms with Crippen molar-refractivity contribution in [3.63, 3.8) is 0 Å². The van der Waals surface area contributed by atoms with Crippen LogP contribution in [0.4, 0.5) is 0 Å². The van der Waals surface area contributed by atoms with Crippen molar-refractivity contribution in [2.75, 3.05) is 0 Å². The molecule has 6 heteroatoms. The average molecular weight is 229 g/mol. The molecule has 3 N–H and O–H groups in total. The molecule has 2 fully saturated rings. The molecule has 16 heavy (non-hydrogen) atoms. The first-order chi connectivity index (χ1) is 7.56. The maximum Gasteiger partial charge on any atom is 0.332 e. The molecule has 2 unspecified atom stereocenters. The first-order valence-corrected chi connectivity index (χ1v) is 5.43. The number of nitrogens with one attached hydrogen (secondary N) is 1. The van der Waals surface area contributed by atoms with Crippen LogP contribution in [0.15, 0.2) is 0 Å². The van der Waals surface area contributed by atoms with Gasteiger partial charge in [-0.15, -0.1) is 0 Å². The Kier molecular flexibility index (Phi) is 3.11. The van der Waals surface area contributed by atoms with Gasteiger partial charge in [0.1, 0.15) is 6.10 Å². The van der Waals surface area contributed by atoms with Gasteiger partial charge in [-0.05, 0) is 25.7 Å². The van der Waals surface area contributed by atoms with Crippen LogP contribution < -0.4 is 5.32 Å². The van der Waals surface area contributed by atoms with E-state index in [0.29, 0.717) is 25.7 Å². The molecular formula is C10H15NO5. The summed E-state index contributed by atoms with van der Waals surface area (Å²) in [6.45, 7) is 0. The number of carboxylic acid groups (broad SMARTS) is 1. The largest absolute Gasteiger partial charge is 0.479 e. The van der Waals surface area contributed by atoms with Gasteiger partial charge in [0.15, 0.2) is 6.10 Å². The third-order valence-corrected chi connectivity index (χ3v) is 3.05. The zero-order valence-corrected chi connectivity index (χ0v) is 8.76. The van der Waals surface area contributed by atoms with Crippen LogP contribution in [0.2, 0.25) is 0 Å². The maximum absolute atomic E-state index is 11.6. The molecular weight excluding hydrogens is 214 g/mol. The van der Waals surface area contributed by atoms with Gasteiger partial charge < -0.3 is 20.3 Å². The van der Waals surface area contributed by atoms with Crippen LogP contribution in [0.5, 0.6) is 0 Å². The van der Waals surface area contributed by atoms with Gasteiger partial charge in [-0.1, -0.05) is 0 Å². The first-order valence-electron chi connectivity index (χ1n) is 5.43. The van der Waals surface area contributed by atoms with Gasteiger partial charge in [0, 0.05) is 6.04 Å².